The van der Waals surface area contributed by atoms with Crippen molar-refractivity contribution < 1.29 is 13.2 Å². The van der Waals surface area contributed by atoms with Crippen molar-refractivity contribution in [3.63, 3.8) is 0 Å². The molecule has 100 valence electrons. The summed E-state index contributed by atoms with van der Waals surface area (Å²) in [5, 5.41) is 5.35. The molecule has 1 aromatic heterocycles. The zero-order chi connectivity index (χ0) is 13.9. The molecule has 0 aliphatic rings. The van der Waals surface area contributed by atoms with Crippen LogP contribution in [0, 0.1) is 13.8 Å². The van der Waals surface area contributed by atoms with Gasteiger partial charge in [0.2, 0.25) is 10.0 Å². The highest BCUT2D eigenvalue weighted by Crippen LogP contribution is 2.23. The molecule has 1 heterocycles. The number of amides is 1. The molecule has 0 saturated carbocycles. The maximum Gasteiger partial charge on any atom is 0.251 e. The van der Waals surface area contributed by atoms with Crippen LogP contribution in [0.4, 0.5) is 0 Å². The number of hydrogen-bond acceptors (Lipinski definition) is 5. The Hall–Kier alpha value is -1.12. The molecular weight excluding hydrogens is 274 g/mol. The molecule has 0 atom stereocenters. The first-order valence-corrected chi connectivity index (χ1v) is 7.82. The molecule has 0 saturated heterocycles. The summed E-state index contributed by atoms with van der Waals surface area (Å²) in [6.45, 7) is 3.56. The zero-order valence-electron chi connectivity index (χ0n) is 10.1. The van der Waals surface area contributed by atoms with Gasteiger partial charge in [-0.2, -0.15) is 0 Å². The minimum atomic E-state index is -3.51. The van der Waals surface area contributed by atoms with Crippen LogP contribution in [-0.2, 0) is 10.0 Å². The van der Waals surface area contributed by atoms with Crippen LogP contribution in [0.3, 0.4) is 0 Å². The van der Waals surface area contributed by atoms with Gasteiger partial charge in [-0.15, -0.1) is 11.8 Å². The molecule has 0 aromatic carbocycles. The van der Waals surface area contributed by atoms with E-state index in [0.29, 0.717) is 10.6 Å². The van der Waals surface area contributed by atoms with Crippen LogP contribution in [0.1, 0.15) is 21.6 Å². The van der Waals surface area contributed by atoms with E-state index in [4.69, 9.17) is 10.9 Å². The van der Waals surface area contributed by atoms with E-state index in [-0.39, 0.29) is 11.5 Å². The largest absolute Gasteiger partial charge is 0.366 e. The average Bonchev–Trinajstić information content (AvgIpc) is 2.13. The molecule has 0 unspecified atom stereocenters. The molecule has 6 nitrogen and oxygen atoms in total. The fourth-order valence-electron chi connectivity index (χ4n) is 1.46. The Labute approximate surface area is 110 Å². The number of rotatable bonds is 5. The van der Waals surface area contributed by atoms with Crippen molar-refractivity contribution in [3.8, 4) is 0 Å². The third kappa shape index (κ3) is 4.28. The van der Waals surface area contributed by atoms with E-state index in [2.05, 4.69) is 4.98 Å². The van der Waals surface area contributed by atoms with Crippen molar-refractivity contribution >= 4 is 27.7 Å². The van der Waals surface area contributed by atoms with Crippen molar-refractivity contribution in [1.82, 2.24) is 4.98 Å². The van der Waals surface area contributed by atoms with E-state index in [1.807, 2.05) is 0 Å². The molecule has 0 radical (unpaired) electrons. The topological polar surface area (TPSA) is 116 Å². The van der Waals surface area contributed by atoms with Gasteiger partial charge in [-0.1, -0.05) is 0 Å². The zero-order valence-corrected chi connectivity index (χ0v) is 11.8. The van der Waals surface area contributed by atoms with E-state index >= 15 is 0 Å². The number of nitrogens with two attached hydrogens (primary N) is 2. The third-order valence-electron chi connectivity index (χ3n) is 2.16. The standard InChI is InChI=1S/C10H15N3O3S2/c1-6-5-7(2)13-10(8(6)9(11)14)17-3-4-18(12,15)16/h5H,3-4H2,1-2H3,(H2,11,14)(H2,12,15,16). The second-order valence-electron chi connectivity index (χ2n) is 3.84. The number of sulfonamides is 1. The summed E-state index contributed by atoms with van der Waals surface area (Å²) >= 11 is 1.16. The molecule has 18 heavy (non-hydrogen) atoms. The highest BCUT2D eigenvalue weighted by atomic mass is 32.2. The van der Waals surface area contributed by atoms with Gasteiger partial charge in [0.1, 0.15) is 5.03 Å². The Morgan fingerprint density at radius 1 is 1.44 bits per heavy atom. The van der Waals surface area contributed by atoms with Crippen LogP contribution < -0.4 is 10.9 Å². The van der Waals surface area contributed by atoms with Gasteiger partial charge < -0.3 is 5.73 Å². The van der Waals surface area contributed by atoms with Crippen molar-refractivity contribution in [3.05, 3.63) is 22.9 Å². The predicted molar refractivity (Wildman–Crippen MR) is 70.9 cm³/mol. The van der Waals surface area contributed by atoms with Gasteiger partial charge in [0.05, 0.1) is 11.3 Å². The van der Waals surface area contributed by atoms with Crippen LogP contribution in [0.25, 0.3) is 0 Å². The first kappa shape index (κ1) is 14.9. The summed E-state index contributed by atoms with van der Waals surface area (Å²) in [7, 11) is -3.51. The molecule has 0 spiro atoms. The molecule has 0 bridgehead atoms. The fraction of sp³-hybridized carbons (Fsp3) is 0.400. The lowest BCUT2D eigenvalue weighted by Crippen LogP contribution is -2.19. The molecule has 1 amide bonds. The number of pyridine rings is 1. The minimum Gasteiger partial charge on any atom is -0.366 e. The second kappa shape index (κ2) is 5.68. The normalized spacial score (nSPS) is 11.5. The molecule has 1 rings (SSSR count). The van der Waals surface area contributed by atoms with Gasteiger partial charge in [0.15, 0.2) is 0 Å². The molecular formula is C10H15N3O3S2. The number of hydrogen-bond donors (Lipinski definition) is 2. The Morgan fingerprint density at radius 2 is 2.06 bits per heavy atom. The summed E-state index contributed by atoms with van der Waals surface area (Å²) in [6.07, 6.45) is 0. The van der Waals surface area contributed by atoms with Crippen LogP contribution >= 0.6 is 11.8 Å². The maximum absolute atomic E-state index is 11.3. The third-order valence-corrected chi connectivity index (χ3v) is 4.17. The van der Waals surface area contributed by atoms with Gasteiger partial charge in [0.25, 0.3) is 5.91 Å². The Morgan fingerprint density at radius 3 is 2.56 bits per heavy atom. The fourth-order valence-corrected chi connectivity index (χ4v) is 3.53. The Bertz CT molecular complexity index is 570. The summed E-state index contributed by atoms with van der Waals surface area (Å²) in [5.41, 5.74) is 7.10. The number of carbonyl (C=O) groups is 1. The molecule has 4 N–H and O–H groups in total. The highest BCUT2D eigenvalue weighted by Gasteiger charge is 2.15. The number of carbonyl (C=O) groups excluding carboxylic acids is 1. The van der Waals surface area contributed by atoms with E-state index in [1.54, 1.807) is 19.9 Å². The van der Waals surface area contributed by atoms with Gasteiger partial charge in [-0.3, -0.25) is 4.79 Å². The number of aromatic nitrogens is 1. The lowest BCUT2D eigenvalue weighted by molar-refractivity contribution is 0.0996. The smallest absolute Gasteiger partial charge is 0.251 e. The van der Waals surface area contributed by atoms with Crippen molar-refractivity contribution in [1.29, 1.82) is 0 Å². The van der Waals surface area contributed by atoms with E-state index in [9.17, 15) is 13.2 Å². The van der Waals surface area contributed by atoms with Crippen LogP contribution in [-0.4, -0.2) is 30.8 Å². The molecule has 0 fully saturated rings. The van der Waals surface area contributed by atoms with Gasteiger partial charge in [-0.25, -0.2) is 18.5 Å². The molecule has 8 heteroatoms. The number of primary amides is 1. The first-order valence-electron chi connectivity index (χ1n) is 5.12. The molecule has 1 aromatic rings. The quantitative estimate of drug-likeness (QED) is 0.750. The van der Waals surface area contributed by atoms with E-state index < -0.39 is 15.9 Å². The first-order chi connectivity index (χ1) is 8.20. The summed E-state index contributed by atoms with van der Waals surface area (Å²) in [6, 6.07) is 1.75. The predicted octanol–water partition coefficient (Wildman–Crippen LogP) is 0.178. The van der Waals surface area contributed by atoms with Crippen molar-refractivity contribution in [2.45, 2.75) is 18.9 Å². The van der Waals surface area contributed by atoms with Gasteiger partial charge in [0, 0.05) is 11.4 Å². The summed E-state index contributed by atoms with van der Waals surface area (Å²) < 4.78 is 21.7. The number of aryl methyl sites for hydroxylation is 2. The molecule has 0 aliphatic heterocycles. The second-order valence-corrected chi connectivity index (χ2v) is 6.66. The Balaban J connectivity index is 2.97. The van der Waals surface area contributed by atoms with Crippen LogP contribution in [0.15, 0.2) is 11.1 Å². The Kier molecular flexibility index (Phi) is 4.71. The van der Waals surface area contributed by atoms with Gasteiger partial charge in [-0.05, 0) is 25.5 Å². The summed E-state index contributed by atoms with van der Waals surface area (Å²) in [5.74, 6) is -0.516. The lowest BCUT2D eigenvalue weighted by Gasteiger charge is -2.09. The average molecular weight is 289 g/mol. The number of nitrogens with zero attached hydrogens (tertiary/aromatic N) is 1. The van der Waals surface area contributed by atoms with Crippen molar-refractivity contribution in [2.75, 3.05) is 11.5 Å². The SMILES string of the molecule is Cc1cc(C)c(C(N)=O)c(SCCS(N)(=O)=O)n1. The van der Waals surface area contributed by atoms with Crippen molar-refractivity contribution in [2.24, 2.45) is 10.9 Å². The number of primary sulfonamides is 1. The van der Waals surface area contributed by atoms with Crippen LogP contribution in [0.2, 0.25) is 0 Å². The summed E-state index contributed by atoms with van der Waals surface area (Å²) in [4.78, 5) is 15.5. The highest BCUT2D eigenvalue weighted by molar-refractivity contribution is 8.00. The van der Waals surface area contributed by atoms with E-state index in [0.717, 1.165) is 23.0 Å². The minimum absolute atomic E-state index is 0.176. The number of thioether (sulfide) groups is 1. The maximum atomic E-state index is 11.3. The monoisotopic (exact) mass is 289 g/mol. The van der Waals surface area contributed by atoms with Crippen LogP contribution in [0.5, 0.6) is 0 Å². The van der Waals surface area contributed by atoms with Gasteiger partial charge >= 0.3 is 0 Å². The molecule has 0 aliphatic carbocycles. The lowest BCUT2D eigenvalue weighted by atomic mass is 10.1. The van der Waals surface area contributed by atoms with E-state index in [1.165, 1.54) is 0 Å².